The van der Waals surface area contributed by atoms with Crippen LogP contribution in [0.15, 0.2) is 42.6 Å². The van der Waals surface area contributed by atoms with Crippen LogP contribution in [0.1, 0.15) is 15.9 Å². The van der Waals surface area contributed by atoms with Crippen molar-refractivity contribution in [2.75, 3.05) is 36.5 Å². The molecule has 0 unspecified atom stereocenters. The summed E-state index contributed by atoms with van der Waals surface area (Å²) in [6, 6.07) is 11.5. The lowest BCUT2D eigenvalue weighted by molar-refractivity contribution is -0.363. The topological polar surface area (TPSA) is 55.7 Å². The van der Waals surface area contributed by atoms with E-state index < -0.39 is 0 Å². The van der Waals surface area contributed by atoms with Crippen LogP contribution in [0.4, 0.5) is 11.5 Å². The smallest absolute Gasteiger partial charge is 0.274 e. The number of ether oxygens (including phenoxy) is 1. The third-order valence-corrected chi connectivity index (χ3v) is 3.80. The van der Waals surface area contributed by atoms with Gasteiger partial charge in [-0.15, -0.1) is 0 Å². The number of aryl methyl sites for hydroxylation is 1. The van der Waals surface area contributed by atoms with Gasteiger partial charge in [-0.1, -0.05) is 18.2 Å². The van der Waals surface area contributed by atoms with Crippen molar-refractivity contribution >= 4 is 17.4 Å². The van der Waals surface area contributed by atoms with Crippen molar-refractivity contribution in [1.82, 2.24) is 0 Å². The van der Waals surface area contributed by atoms with E-state index in [1.165, 1.54) is 0 Å². The minimum atomic E-state index is -0.0920. The van der Waals surface area contributed by atoms with Gasteiger partial charge in [0.2, 0.25) is 0 Å². The Hall–Kier alpha value is -2.40. The summed E-state index contributed by atoms with van der Waals surface area (Å²) in [6.45, 7) is 5.19. The zero-order valence-corrected chi connectivity index (χ0v) is 12.6. The van der Waals surface area contributed by atoms with E-state index in [2.05, 4.69) is 15.2 Å². The van der Waals surface area contributed by atoms with Gasteiger partial charge in [-0.05, 0) is 24.6 Å². The molecule has 0 atom stereocenters. The van der Waals surface area contributed by atoms with Crippen LogP contribution < -0.4 is 15.2 Å². The lowest BCUT2D eigenvalue weighted by Gasteiger charge is -2.21. The monoisotopic (exact) mass is 298 g/mol. The van der Waals surface area contributed by atoms with Crippen LogP contribution >= 0.6 is 0 Å². The quantitative estimate of drug-likeness (QED) is 0.941. The molecule has 2 heterocycles. The Morgan fingerprint density at radius 3 is 2.64 bits per heavy atom. The first-order valence-corrected chi connectivity index (χ1v) is 7.45. The Morgan fingerprint density at radius 2 is 1.95 bits per heavy atom. The first-order chi connectivity index (χ1) is 10.7. The second-order valence-corrected chi connectivity index (χ2v) is 5.33. The maximum absolute atomic E-state index is 12.3. The van der Waals surface area contributed by atoms with Crippen molar-refractivity contribution in [2.24, 2.45) is 0 Å². The average molecular weight is 298 g/mol. The molecule has 1 amide bonds. The number of amides is 1. The second kappa shape index (κ2) is 6.58. The van der Waals surface area contributed by atoms with Gasteiger partial charge in [0.15, 0.2) is 0 Å². The van der Waals surface area contributed by atoms with Gasteiger partial charge >= 0.3 is 0 Å². The normalized spacial score (nSPS) is 14.7. The number of hydrogen-bond acceptors (Lipinski definition) is 3. The van der Waals surface area contributed by atoms with Gasteiger partial charge in [-0.25, -0.2) is 4.98 Å². The maximum atomic E-state index is 12.3. The number of nitrogens with zero attached hydrogens (tertiary/aromatic N) is 1. The van der Waals surface area contributed by atoms with Crippen LogP contribution in [0.25, 0.3) is 0 Å². The number of benzene rings is 1. The molecule has 2 aromatic rings. The van der Waals surface area contributed by atoms with E-state index in [-0.39, 0.29) is 5.91 Å². The van der Waals surface area contributed by atoms with Crippen LogP contribution in [0, 0.1) is 6.92 Å². The van der Waals surface area contributed by atoms with E-state index in [1.54, 1.807) is 0 Å². The number of aromatic nitrogens is 1. The molecular weight excluding hydrogens is 278 g/mol. The molecule has 0 aliphatic carbocycles. The maximum Gasteiger partial charge on any atom is 0.274 e. The Morgan fingerprint density at radius 1 is 1.18 bits per heavy atom. The van der Waals surface area contributed by atoms with Crippen molar-refractivity contribution < 1.29 is 14.5 Å². The van der Waals surface area contributed by atoms with Gasteiger partial charge in [0.05, 0.1) is 18.9 Å². The number of pyridine rings is 1. The highest BCUT2D eigenvalue weighted by Gasteiger charge is 2.19. The zero-order chi connectivity index (χ0) is 15.4. The van der Waals surface area contributed by atoms with Gasteiger partial charge in [0.1, 0.15) is 19.3 Å². The summed E-state index contributed by atoms with van der Waals surface area (Å²) >= 11 is 0. The van der Waals surface area contributed by atoms with E-state index in [0.717, 1.165) is 43.4 Å². The fraction of sp³-hybridized carbons (Fsp3) is 0.294. The SMILES string of the molecule is Cc1ccccc1C(=O)Nc1ccc(N2CCOCC2)[nH+]c1. The first kappa shape index (κ1) is 14.5. The minimum Gasteiger partial charge on any atom is -0.373 e. The molecule has 0 spiro atoms. The summed E-state index contributed by atoms with van der Waals surface area (Å²) in [5.74, 6) is 0.947. The van der Waals surface area contributed by atoms with Crippen molar-refractivity contribution in [1.29, 1.82) is 0 Å². The summed E-state index contributed by atoms with van der Waals surface area (Å²) in [4.78, 5) is 17.7. The molecule has 0 saturated carbocycles. The van der Waals surface area contributed by atoms with E-state index in [0.29, 0.717) is 5.56 Å². The van der Waals surface area contributed by atoms with E-state index in [4.69, 9.17) is 4.74 Å². The summed E-state index contributed by atoms with van der Waals surface area (Å²) in [5.41, 5.74) is 2.42. The standard InChI is InChI=1S/C17H19N3O2/c1-13-4-2-3-5-15(13)17(21)19-14-6-7-16(18-12-14)20-8-10-22-11-9-20/h2-7,12H,8-11H2,1H3,(H,19,21)/p+1. The highest BCUT2D eigenvalue weighted by Crippen LogP contribution is 2.14. The number of carbonyl (C=O) groups excluding carboxylic acids is 1. The number of H-pyrrole nitrogens is 1. The second-order valence-electron chi connectivity index (χ2n) is 5.33. The zero-order valence-electron chi connectivity index (χ0n) is 12.6. The number of aromatic amines is 1. The number of nitrogens with one attached hydrogen (secondary N) is 2. The highest BCUT2D eigenvalue weighted by atomic mass is 16.5. The van der Waals surface area contributed by atoms with Crippen molar-refractivity contribution in [3.63, 3.8) is 0 Å². The van der Waals surface area contributed by atoms with Crippen molar-refractivity contribution in [3.05, 3.63) is 53.7 Å². The van der Waals surface area contributed by atoms with Gasteiger partial charge in [-0.2, -0.15) is 0 Å². The Labute approximate surface area is 129 Å². The van der Waals surface area contributed by atoms with E-state index in [1.807, 2.05) is 49.5 Å². The molecule has 1 aliphatic heterocycles. The third kappa shape index (κ3) is 3.26. The minimum absolute atomic E-state index is 0.0920. The van der Waals surface area contributed by atoms with E-state index in [9.17, 15) is 4.79 Å². The molecule has 1 saturated heterocycles. The molecule has 5 nitrogen and oxygen atoms in total. The number of carbonyl (C=O) groups is 1. The number of hydrogen-bond donors (Lipinski definition) is 1. The molecule has 1 aromatic heterocycles. The molecule has 0 bridgehead atoms. The summed E-state index contributed by atoms with van der Waals surface area (Å²) in [6.07, 6.45) is 1.82. The average Bonchev–Trinajstić information content (AvgIpc) is 2.57. The highest BCUT2D eigenvalue weighted by molar-refractivity contribution is 6.05. The van der Waals surface area contributed by atoms with Crippen molar-refractivity contribution in [3.8, 4) is 0 Å². The van der Waals surface area contributed by atoms with Crippen LogP contribution in [0.5, 0.6) is 0 Å². The van der Waals surface area contributed by atoms with Crippen LogP contribution in [0.3, 0.4) is 0 Å². The molecule has 1 fully saturated rings. The number of anilines is 2. The van der Waals surface area contributed by atoms with Crippen LogP contribution in [0.2, 0.25) is 0 Å². The molecule has 5 heteroatoms. The Kier molecular flexibility index (Phi) is 4.34. The summed E-state index contributed by atoms with van der Waals surface area (Å²) < 4.78 is 5.35. The molecule has 2 N–H and O–H groups in total. The number of rotatable bonds is 3. The van der Waals surface area contributed by atoms with Gasteiger partial charge < -0.3 is 10.1 Å². The summed E-state index contributed by atoms with van der Waals surface area (Å²) in [7, 11) is 0. The van der Waals surface area contributed by atoms with Gasteiger partial charge in [-0.3, -0.25) is 9.69 Å². The van der Waals surface area contributed by atoms with Crippen LogP contribution in [-0.2, 0) is 4.74 Å². The van der Waals surface area contributed by atoms with Crippen molar-refractivity contribution in [2.45, 2.75) is 6.92 Å². The largest absolute Gasteiger partial charge is 0.373 e. The predicted octanol–water partition coefficient (Wildman–Crippen LogP) is 1.90. The Balaban J connectivity index is 1.68. The fourth-order valence-corrected chi connectivity index (χ4v) is 2.52. The van der Waals surface area contributed by atoms with Gasteiger partial charge in [0.25, 0.3) is 11.7 Å². The Bertz CT molecular complexity index is 649. The molecule has 114 valence electrons. The molecule has 1 aliphatic rings. The molecule has 0 radical (unpaired) electrons. The molecule has 1 aromatic carbocycles. The molecule has 22 heavy (non-hydrogen) atoms. The third-order valence-electron chi connectivity index (χ3n) is 3.80. The fourth-order valence-electron chi connectivity index (χ4n) is 2.52. The number of morpholine rings is 1. The van der Waals surface area contributed by atoms with E-state index >= 15 is 0 Å². The molecular formula is C17H20N3O2+. The molecule has 3 rings (SSSR count). The lowest BCUT2D eigenvalue weighted by atomic mass is 10.1. The lowest BCUT2D eigenvalue weighted by Crippen LogP contribution is -2.39. The van der Waals surface area contributed by atoms with Gasteiger partial charge in [0, 0.05) is 11.6 Å². The predicted molar refractivity (Wildman–Crippen MR) is 85.2 cm³/mol. The first-order valence-electron chi connectivity index (χ1n) is 7.45. The summed E-state index contributed by atoms with van der Waals surface area (Å²) in [5, 5.41) is 2.92. The van der Waals surface area contributed by atoms with Crippen LogP contribution in [-0.4, -0.2) is 32.2 Å².